The maximum atomic E-state index is 13.8. The number of carbonyl (C=O) groups is 1. The van der Waals surface area contributed by atoms with Gasteiger partial charge >= 0.3 is 0 Å². The van der Waals surface area contributed by atoms with Crippen molar-refractivity contribution < 1.29 is 13.2 Å². The fourth-order valence-corrected chi connectivity index (χ4v) is 5.81. The van der Waals surface area contributed by atoms with E-state index in [0.717, 1.165) is 16.7 Å². The summed E-state index contributed by atoms with van der Waals surface area (Å²) in [6.07, 6.45) is 0. The molecule has 0 fully saturated rings. The van der Waals surface area contributed by atoms with Crippen molar-refractivity contribution in [1.82, 2.24) is 15.1 Å². The number of nitrogens with zero attached hydrogens (tertiary/aromatic N) is 3. The van der Waals surface area contributed by atoms with Crippen LogP contribution in [0.4, 0.5) is 5.69 Å². The fourth-order valence-electron chi connectivity index (χ4n) is 4.00. The van der Waals surface area contributed by atoms with E-state index in [1.165, 1.54) is 4.31 Å². The molecule has 1 heterocycles. The highest BCUT2D eigenvalue weighted by atomic mass is 32.2. The Morgan fingerprint density at radius 1 is 1.06 bits per heavy atom. The largest absolute Gasteiger partial charge is 0.354 e. The molecular weight excluding hydrogens is 436 g/mol. The molecule has 0 spiro atoms. The highest BCUT2D eigenvalue weighted by Gasteiger charge is 2.32. The lowest BCUT2D eigenvalue weighted by Gasteiger charge is -2.25. The summed E-state index contributed by atoms with van der Waals surface area (Å²) < 4.78 is 30.3. The van der Waals surface area contributed by atoms with Crippen molar-refractivity contribution in [1.29, 1.82) is 0 Å². The van der Waals surface area contributed by atoms with Crippen molar-refractivity contribution in [3.63, 3.8) is 0 Å². The molecule has 1 aromatic heterocycles. The van der Waals surface area contributed by atoms with Crippen molar-refractivity contribution in [3.8, 4) is 0 Å². The van der Waals surface area contributed by atoms with Crippen molar-refractivity contribution in [2.24, 2.45) is 7.05 Å². The van der Waals surface area contributed by atoms with Crippen LogP contribution >= 0.6 is 0 Å². The van der Waals surface area contributed by atoms with Crippen LogP contribution < -0.4 is 9.62 Å². The number of aromatic nitrogens is 2. The molecule has 0 bridgehead atoms. The maximum absolute atomic E-state index is 13.8. The lowest BCUT2D eigenvalue weighted by molar-refractivity contribution is -0.119. The minimum absolute atomic E-state index is 0.101. The normalized spacial score (nSPS) is 12.4. The smallest absolute Gasteiger partial charge is 0.268 e. The Hall–Kier alpha value is -3.13. The zero-order chi connectivity index (χ0) is 24.3. The Balaban J connectivity index is 1.92. The quantitative estimate of drug-likeness (QED) is 0.545. The van der Waals surface area contributed by atoms with Gasteiger partial charge in [-0.25, -0.2) is 8.42 Å². The first-order valence-electron chi connectivity index (χ1n) is 10.9. The van der Waals surface area contributed by atoms with Gasteiger partial charge in [-0.1, -0.05) is 43.3 Å². The number of benzene rings is 2. The van der Waals surface area contributed by atoms with Crippen molar-refractivity contribution in [2.75, 3.05) is 17.4 Å². The first-order valence-corrected chi connectivity index (χ1v) is 12.4. The number of aryl methyl sites for hydroxylation is 4. The van der Waals surface area contributed by atoms with Gasteiger partial charge in [0, 0.05) is 13.6 Å². The number of hydrogen-bond donors (Lipinski definition) is 1. The van der Waals surface area contributed by atoms with Gasteiger partial charge in [-0.3, -0.25) is 13.8 Å². The zero-order valence-corrected chi connectivity index (χ0v) is 20.9. The SMILES string of the molecule is Cc1cc(C)cc(N(CC(=O)NC[C@@H](C)c2ccccc2)S(=O)(=O)c2c(C)nn(C)c2C)c1. The van der Waals surface area contributed by atoms with Gasteiger partial charge in [-0.05, 0) is 62.4 Å². The lowest BCUT2D eigenvalue weighted by atomic mass is 10.0. The van der Waals surface area contributed by atoms with Crippen LogP contribution in [-0.4, -0.2) is 37.2 Å². The zero-order valence-electron chi connectivity index (χ0n) is 20.1. The fraction of sp³-hybridized carbons (Fsp3) is 0.360. The van der Waals surface area contributed by atoms with Crippen LogP contribution in [0.2, 0.25) is 0 Å². The summed E-state index contributed by atoms with van der Waals surface area (Å²) in [5, 5.41) is 7.17. The van der Waals surface area contributed by atoms with E-state index in [1.54, 1.807) is 37.7 Å². The van der Waals surface area contributed by atoms with Crippen LogP contribution in [0.25, 0.3) is 0 Å². The third-order valence-electron chi connectivity index (χ3n) is 5.75. The second-order valence-corrected chi connectivity index (χ2v) is 10.4. The summed E-state index contributed by atoms with van der Waals surface area (Å²) in [7, 11) is -2.32. The summed E-state index contributed by atoms with van der Waals surface area (Å²) in [4.78, 5) is 13.1. The minimum atomic E-state index is -4.02. The van der Waals surface area contributed by atoms with E-state index in [9.17, 15) is 13.2 Å². The summed E-state index contributed by atoms with van der Waals surface area (Å²) in [6, 6.07) is 15.4. The molecule has 0 unspecified atom stereocenters. The third-order valence-corrected chi connectivity index (χ3v) is 7.77. The molecule has 3 aromatic rings. The number of amides is 1. The Morgan fingerprint density at radius 3 is 2.21 bits per heavy atom. The average Bonchev–Trinajstić information content (AvgIpc) is 3.01. The van der Waals surface area contributed by atoms with E-state index in [0.29, 0.717) is 23.6 Å². The van der Waals surface area contributed by atoms with Crippen molar-refractivity contribution in [2.45, 2.75) is 45.4 Å². The molecule has 0 saturated heterocycles. The maximum Gasteiger partial charge on any atom is 0.268 e. The molecule has 2 aromatic carbocycles. The topological polar surface area (TPSA) is 84.3 Å². The number of anilines is 1. The average molecular weight is 469 g/mol. The van der Waals surface area contributed by atoms with Gasteiger partial charge in [-0.15, -0.1) is 0 Å². The second-order valence-electron chi connectivity index (χ2n) is 8.60. The summed E-state index contributed by atoms with van der Waals surface area (Å²) >= 11 is 0. The Morgan fingerprint density at radius 2 is 1.67 bits per heavy atom. The predicted molar refractivity (Wildman–Crippen MR) is 131 cm³/mol. The second kappa shape index (κ2) is 9.79. The van der Waals surface area contributed by atoms with Crippen molar-refractivity contribution >= 4 is 21.6 Å². The van der Waals surface area contributed by atoms with Crippen LogP contribution in [0.5, 0.6) is 0 Å². The van der Waals surface area contributed by atoms with Crippen LogP contribution in [0.1, 0.15) is 40.9 Å². The standard InChI is InChI=1S/C25H32N4O3S/c1-17-12-18(2)14-23(13-17)29(33(31,32)25-20(4)27-28(6)21(25)5)16-24(30)26-15-19(3)22-10-8-7-9-11-22/h7-14,19H,15-16H2,1-6H3,(H,26,30)/t19-/m1/s1. The number of nitrogens with one attached hydrogen (secondary N) is 1. The van der Waals surface area contributed by atoms with Gasteiger partial charge < -0.3 is 5.32 Å². The van der Waals surface area contributed by atoms with Crippen LogP contribution in [-0.2, 0) is 21.9 Å². The molecule has 33 heavy (non-hydrogen) atoms. The molecule has 8 heteroatoms. The van der Waals surface area contributed by atoms with E-state index in [1.807, 2.05) is 57.2 Å². The van der Waals surface area contributed by atoms with Crippen LogP contribution in [0.15, 0.2) is 53.4 Å². The Labute approximate surface area is 196 Å². The van der Waals surface area contributed by atoms with Gasteiger partial charge in [-0.2, -0.15) is 5.10 Å². The monoisotopic (exact) mass is 468 g/mol. The van der Waals surface area contributed by atoms with Gasteiger partial charge in [0.05, 0.1) is 17.1 Å². The number of carbonyl (C=O) groups excluding carboxylic acids is 1. The Bertz CT molecular complexity index is 1230. The Kier molecular flexibility index (Phi) is 7.27. The molecular formula is C25H32N4O3S. The molecule has 1 amide bonds. The highest BCUT2D eigenvalue weighted by Crippen LogP contribution is 2.29. The van der Waals surface area contributed by atoms with E-state index in [2.05, 4.69) is 10.4 Å². The summed E-state index contributed by atoms with van der Waals surface area (Å²) in [6.45, 7) is 9.31. The van der Waals surface area contributed by atoms with Gasteiger partial charge in [0.15, 0.2) is 0 Å². The van der Waals surface area contributed by atoms with Crippen LogP contribution in [0, 0.1) is 27.7 Å². The van der Waals surface area contributed by atoms with Crippen LogP contribution in [0.3, 0.4) is 0 Å². The highest BCUT2D eigenvalue weighted by molar-refractivity contribution is 7.93. The molecule has 0 aliphatic heterocycles. The predicted octanol–water partition coefficient (Wildman–Crippen LogP) is 3.77. The van der Waals surface area contributed by atoms with E-state index < -0.39 is 10.0 Å². The first kappa shape index (κ1) is 24.5. The number of rotatable bonds is 8. The van der Waals surface area contributed by atoms with Crippen molar-refractivity contribution in [3.05, 3.63) is 76.6 Å². The molecule has 3 rings (SSSR count). The van der Waals surface area contributed by atoms with E-state index in [4.69, 9.17) is 0 Å². The van der Waals surface area contributed by atoms with E-state index in [-0.39, 0.29) is 23.3 Å². The molecule has 1 atom stereocenters. The molecule has 1 N–H and O–H groups in total. The molecule has 0 aliphatic rings. The summed E-state index contributed by atoms with van der Waals surface area (Å²) in [5.74, 6) is -0.260. The lowest BCUT2D eigenvalue weighted by Crippen LogP contribution is -2.42. The molecule has 0 saturated carbocycles. The number of sulfonamides is 1. The first-order chi connectivity index (χ1) is 15.5. The van der Waals surface area contributed by atoms with E-state index >= 15 is 0 Å². The molecule has 0 aliphatic carbocycles. The summed E-state index contributed by atoms with van der Waals surface area (Å²) in [5.41, 5.74) is 4.34. The molecule has 176 valence electrons. The number of hydrogen-bond acceptors (Lipinski definition) is 4. The van der Waals surface area contributed by atoms with Gasteiger partial charge in [0.25, 0.3) is 10.0 Å². The third kappa shape index (κ3) is 5.45. The molecule has 7 nitrogen and oxygen atoms in total. The van der Waals surface area contributed by atoms with Gasteiger partial charge in [0.1, 0.15) is 11.4 Å². The minimum Gasteiger partial charge on any atom is -0.354 e. The molecule has 0 radical (unpaired) electrons. The van der Waals surface area contributed by atoms with Gasteiger partial charge in [0.2, 0.25) is 5.91 Å².